The maximum atomic E-state index is 12.7. The van der Waals surface area contributed by atoms with Crippen molar-refractivity contribution in [3.05, 3.63) is 29.8 Å². The average molecular weight is 333 g/mol. The summed E-state index contributed by atoms with van der Waals surface area (Å²) in [5.41, 5.74) is 1.16. The van der Waals surface area contributed by atoms with Crippen LogP contribution in [0.1, 0.15) is 38.2 Å². The maximum absolute atomic E-state index is 12.7. The Bertz CT molecular complexity index is 543. The molecule has 1 aliphatic rings. The van der Waals surface area contributed by atoms with E-state index in [1.165, 1.54) is 0 Å². The van der Waals surface area contributed by atoms with Crippen LogP contribution in [0.3, 0.4) is 0 Å². The third-order valence-electron chi connectivity index (χ3n) is 3.92. The molecule has 1 atom stereocenters. The fourth-order valence-electron chi connectivity index (χ4n) is 2.73. The van der Waals surface area contributed by atoms with Gasteiger partial charge in [0, 0.05) is 19.1 Å². The number of nitrogens with one attached hydrogen (secondary N) is 1. The molecule has 120 valence electrons. The van der Waals surface area contributed by atoms with Crippen LogP contribution in [-0.2, 0) is 10.0 Å². The van der Waals surface area contributed by atoms with Crippen LogP contribution in [-0.4, -0.2) is 38.9 Å². The summed E-state index contributed by atoms with van der Waals surface area (Å²) in [5.74, 6) is 0.413. The Labute approximate surface area is 134 Å². The molecule has 0 aromatic heterocycles. The van der Waals surface area contributed by atoms with Crippen molar-refractivity contribution in [1.82, 2.24) is 9.62 Å². The van der Waals surface area contributed by atoms with Gasteiger partial charge in [-0.15, -0.1) is 12.4 Å². The molecule has 0 aliphatic carbocycles. The van der Waals surface area contributed by atoms with Gasteiger partial charge >= 0.3 is 0 Å². The van der Waals surface area contributed by atoms with Gasteiger partial charge in [0.2, 0.25) is 10.0 Å². The fourth-order valence-corrected chi connectivity index (χ4v) is 4.42. The summed E-state index contributed by atoms with van der Waals surface area (Å²) in [7, 11) is -1.50. The van der Waals surface area contributed by atoms with E-state index in [1.807, 2.05) is 19.2 Å². The van der Waals surface area contributed by atoms with E-state index in [-0.39, 0.29) is 18.4 Å². The van der Waals surface area contributed by atoms with E-state index in [2.05, 4.69) is 19.2 Å². The Morgan fingerprint density at radius 3 is 2.43 bits per heavy atom. The first-order valence-corrected chi connectivity index (χ1v) is 8.67. The summed E-state index contributed by atoms with van der Waals surface area (Å²) in [6, 6.07) is 7.38. The zero-order chi connectivity index (χ0) is 14.8. The molecule has 1 fully saturated rings. The molecule has 4 nitrogen and oxygen atoms in total. The van der Waals surface area contributed by atoms with Crippen molar-refractivity contribution in [1.29, 1.82) is 0 Å². The predicted octanol–water partition coefficient (Wildman–Crippen LogP) is 2.60. The van der Waals surface area contributed by atoms with Crippen LogP contribution in [0, 0.1) is 0 Å². The lowest BCUT2D eigenvalue weighted by atomic mass is 10.0. The van der Waals surface area contributed by atoms with Crippen molar-refractivity contribution in [2.45, 2.75) is 43.5 Å². The molecule has 1 N–H and O–H groups in total. The van der Waals surface area contributed by atoms with E-state index < -0.39 is 10.0 Å². The van der Waals surface area contributed by atoms with Gasteiger partial charge in [-0.1, -0.05) is 26.0 Å². The van der Waals surface area contributed by atoms with Crippen molar-refractivity contribution in [2.24, 2.45) is 0 Å². The Kier molecular flexibility index (Phi) is 6.66. The molecule has 1 aromatic carbocycles. The third kappa shape index (κ3) is 3.97. The lowest BCUT2D eigenvalue weighted by molar-refractivity contribution is 0.379. The summed E-state index contributed by atoms with van der Waals surface area (Å²) in [4.78, 5) is 0.407. The van der Waals surface area contributed by atoms with Crippen LogP contribution >= 0.6 is 12.4 Å². The molecule has 1 unspecified atom stereocenters. The van der Waals surface area contributed by atoms with E-state index in [9.17, 15) is 8.42 Å². The molecule has 0 saturated carbocycles. The molecule has 0 amide bonds. The minimum Gasteiger partial charge on any atom is -0.318 e. The molecule has 1 aromatic rings. The fraction of sp³-hybridized carbons (Fsp3) is 0.600. The quantitative estimate of drug-likeness (QED) is 0.901. The van der Waals surface area contributed by atoms with Crippen molar-refractivity contribution in [2.75, 3.05) is 20.1 Å². The third-order valence-corrected chi connectivity index (χ3v) is 5.88. The van der Waals surface area contributed by atoms with Crippen LogP contribution in [0.5, 0.6) is 0 Å². The van der Waals surface area contributed by atoms with Crippen LogP contribution < -0.4 is 5.32 Å². The predicted molar refractivity (Wildman–Crippen MR) is 88.6 cm³/mol. The highest BCUT2D eigenvalue weighted by Gasteiger charge is 2.34. The minimum absolute atomic E-state index is 0. The molecular formula is C15H25ClN2O2S. The second kappa shape index (κ2) is 7.58. The zero-order valence-electron chi connectivity index (χ0n) is 12.9. The number of hydrogen-bond acceptors (Lipinski definition) is 3. The SMILES string of the molecule is CNCC1CCCN1S(=O)(=O)c1ccc(C(C)C)cc1.Cl. The van der Waals surface area contributed by atoms with Gasteiger partial charge in [-0.25, -0.2) is 8.42 Å². The molecule has 1 aliphatic heterocycles. The Morgan fingerprint density at radius 1 is 1.29 bits per heavy atom. The van der Waals surface area contributed by atoms with E-state index in [4.69, 9.17) is 0 Å². The highest BCUT2D eigenvalue weighted by atomic mass is 35.5. The largest absolute Gasteiger partial charge is 0.318 e. The maximum Gasteiger partial charge on any atom is 0.243 e. The monoisotopic (exact) mass is 332 g/mol. The van der Waals surface area contributed by atoms with Gasteiger partial charge < -0.3 is 5.32 Å². The van der Waals surface area contributed by atoms with Gasteiger partial charge in [0.05, 0.1) is 4.90 Å². The van der Waals surface area contributed by atoms with Crippen LogP contribution in [0.25, 0.3) is 0 Å². The summed E-state index contributed by atoms with van der Waals surface area (Å²) in [5, 5.41) is 3.08. The first-order valence-electron chi connectivity index (χ1n) is 7.23. The first kappa shape index (κ1) is 18.4. The first-order chi connectivity index (χ1) is 9.46. The van der Waals surface area contributed by atoms with Gasteiger partial charge in [-0.3, -0.25) is 0 Å². The lowest BCUT2D eigenvalue weighted by Gasteiger charge is -2.24. The Hall–Kier alpha value is -0.620. The van der Waals surface area contributed by atoms with Crippen molar-refractivity contribution in [3.8, 4) is 0 Å². The summed E-state index contributed by atoms with van der Waals surface area (Å²) in [6.07, 6.45) is 1.87. The van der Waals surface area contributed by atoms with Gasteiger partial charge in [-0.05, 0) is 43.5 Å². The summed E-state index contributed by atoms with van der Waals surface area (Å²) in [6.45, 7) is 5.55. The lowest BCUT2D eigenvalue weighted by Crippen LogP contribution is -2.40. The number of halogens is 1. The van der Waals surface area contributed by atoms with Crippen LogP contribution in [0.4, 0.5) is 0 Å². The molecule has 0 spiro atoms. The number of likely N-dealkylation sites (N-methyl/N-ethyl adjacent to an activating group) is 1. The van der Waals surface area contributed by atoms with E-state index >= 15 is 0 Å². The second-order valence-electron chi connectivity index (χ2n) is 5.69. The summed E-state index contributed by atoms with van der Waals surface area (Å²) >= 11 is 0. The van der Waals surface area contributed by atoms with Gasteiger partial charge in [0.1, 0.15) is 0 Å². The van der Waals surface area contributed by atoms with E-state index in [0.717, 1.165) is 18.4 Å². The minimum atomic E-state index is -3.36. The number of rotatable bonds is 5. The van der Waals surface area contributed by atoms with Gasteiger partial charge in [0.15, 0.2) is 0 Å². The van der Waals surface area contributed by atoms with Crippen molar-refractivity contribution < 1.29 is 8.42 Å². The van der Waals surface area contributed by atoms with E-state index in [0.29, 0.717) is 23.9 Å². The van der Waals surface area contributed by atoms with Crippen LogP contribution in [0.2, 0.25) is 0 Å². The van der Waals surface area contributed by atoms with E-state index in [1.54, 1.807) is 16.4 Å². The highest BCUT2D eigenvalue weighted by Crippen LogP contribution is 2.26. The summed E-state index contributed by atoms with van der Waals surface area (Å²) < 4.78 is 27.0. The van der Waals surface area contributed by atoms with Crippen molar-refractivity contribution >= 4 is 22.4 Å². The smallest absolute Gasteiger partial charge is 0.243 e. The van der Waals surface area contributed by atoms with Gasteiger partial charge in [-0.2, -0.15) is 4.31 Å². The molecule has 1 heterocycles. The topological polar surface area (TPSA) is 49.4 Å². The zero-order valence-corrected chi connectivity index (χ0v) is 14.5. The normalized spacial score (nSPS) is 19.7. The molecule has 0 radical (unpaired) electrons. The van der Waals surface area contributed by atoms with Crippen LogP contribution in [0.15, 0.2) is 29.2 Å². The molecular weight excluding hydrogens is 308 g/mol. The number of nitrogens with zero attached hydrogens (tertiary/aromatic N) is 1. The standard InChI is InChI=1S/C15H24N2O2S.ClH/c1-12(2)13-6-8-15(9-7-13)20(18,19)17-10-4-5-14(17)11-16-3;/h6-9,12,14,16H,4-5,10-11H2,1-3H3;1H. The number of benzene rings is 1. The average Bonchev–Trinajstić information content (AvgIpc) is 2.88. The molecule has 0 bridgehead atoms. The molecule has 2 rings (SSSR count). The van der Waals surface area contributed by atoms with Crippen molar-refractivity contribution in [3.63, 3.8) is 0 Å². The molecule has 6 heteroatoms. The molecule has 21 heavy (non-hydrogen) atoms. The Morgan fingerprint density at radius 2 is 1.90 bits per heavy atom. The molecule has 1 saturated heterocycles. The highest BCUT2D eigenvalue weighted by molar-refractivity contribution is 7.89. The number of hydrogen-bond donors (Lipinski definition) is 1. The Balaban J connectivity index is 0.00000220. The number of sulfonamides is 1. The van der Waals surface area contributed by atoms with Gasteiger partial charge in [0.25, 0.3) is 0 Å². The second-order valence-corrected chi connectivity index (χ2v) is 7.58.